The SMILES string of the molecule is [2H]c1c([2H])c([2H])c(-c2c([2H])c([2H])c(-n3c4ccc(-c5ccc6c(c5)c5c([2H])c([2H])c([2H])c([2H])c5n6-c5cccc(-c6ccccc6)c5)cc4c4c([2H])c([2H])c([2H])c([2H])c43)c([2H])c2[2H])c([2H])c1[2H]. The Kier molecular flexibility index (Phi) is 3.72. The Hall–Kier alpha value is -6.64. The van der Waals surface area contributed by atoms with Crippen molar-refractivity contribution >= 4 is 43.6 Å². The molecule has 0 fully saturated rings. The van der Waals surface area contributed by atoms with Gasteiger partial charge < -0.3 is 9.13 Å². The Morgan fingerprint density at radius 1 is 0.300 bits per heavy atom. The average molecular weight is 654 g/mol. The topological polar surface area (TPSA) is 9.86 Å². The van der Waals surface area contributed by atoms with Gasteiger partial charge in [-0.1, -0.05) is 133 Å². The fraction of sp³-hybridized carbons (Fsp3) is 0. The summed E-state index contributed by atoms with van der Waals surface area (Å²) >= 11 is 0. The van der Waals surface area contributed by atoms with Crippen molar-refractivity contribution in [3.8, 4) is 44.8 Å². The number of fused-ring (bicyclic) bond motifs is 6. The van der Waals surface area contributed by atoms with E-state index >= 15 is 0 Å². The van der Waals surface area contributed by atoms with Crippen LogP contribution in [0.2, 0.25) is 0 Å². The van der Waals surface area contributed by atoms with Crippen LogP contribution in [0.3, 0.4) is 0 Å². The van der Waals surface area contributed by atoms with E-state index in [1.807, 2.05) is 71.3 Å². The lowest BCUT2D eigenvalue weighted by Gasteiger charge is -2.11. The minimum atomic E-state index is -0.737. The Bertz CT molecular complexity index is 3780. The lowest BCUT2D eigenvalue weighted by molar-refractivity contribution is 1.18. The maximum atomic E-state index is 9.25. The third kappa shape index (κ3) is 4.57. The first-order chi connectivity index (χ1) is 31.9. The highest BCUT2D eigenvalue weighted by molar-refractivity contribution is 6.12. The van der Waals surface area contributed by atoms with Gasteiger partial charge in [-0.05, 0) is 93.9 Å². The summed E-state index contributed by atoms with van der Waals surface area (Å²) in [6, 6.07) is 17.9. The van der Waals surface area contributed by atoms with Crippen LogP contribution in [-0.2, 0) is 0 Å². The molecule has 0 aliphatic heterocycles. The monoisotopic (exact) mass is 653 g/mol. The van der Waals surface area contributed by atoms with Gasteiger partial charge in [0.2, 0.25) is 0 Å². The largest absolute Gasteiger partial charge is 0.309 e. The quantitative estimate of drug-likeness (QED) is 0.175. The summed E-state index contributed by atoms with van der Waals surface area (Å²) in [6.45, 7) is 0. The number of benzene rings is 8. The third-order valence-corrected chi connectivity index (χ3v) is 8.93. The van der Waals surface area contributed by atoms with Crippen molar-refractivity contribution in [2.45, 2.75) is 0 Å². The Morgan fingerprint density at radius 3 is 1.46 bits per heavy atom. The summed E-state index contributed by atoms with van der Waals surface area (Å²) < 4.78 is 152. The molecule has 0 spiro atoms. The molecular weight excluding hydrogens is 605 g/mol. The molecule has 10 aromatic rings. The van der Waals surface area contributed by atoms with Crippen LogP contribution in [0.5, 0.6) is 0 Å². The minimum absolute atomic E-state index is 0.0134. The van der Waals surface area contributed by atoms with Crippen LogP contribution in [0, 0.1) is 0 Å². The molecular formula is C48H32N2. The number of hydrogen-bond donors (Lipinski definition) is 0. The van der Waals surface area contributed by atoms with E-state index in [0.29, 0.717) is 27.7 Å². The molecule has 0 amide bonds. The van der Waals surface area contributed by atoms with Crippen molar-refractivity contribution in [3.05, 3.63) is 194 Å². The zero-order valence-electron chi connectivity index (χ0n) is 43.1. The molecule has 0 unspecified atom stereocenters. The lowest BCUT2D eigenvalue weighted by atomic mass is 10.0. The summed E-state index contributed by atoms with van der Waals surface area (Å²) in [6.07, 6.45) is 0. The molecule has 0 aliphatic rings. The van der Waals surface area contributed by atoms with Crippen molar-refractivity contribution < 1.29 is 23.3 Å². The molecule has 8 aromatic carbocycles. The average Bonchev–Trinajstić information content (AvgIpc) is 3.86. The van der Waals surface area contributed by atoms with Gasteiger partial charge in [0.25, 0.3) is 0 Å². The summed E-state index contributed by atoms with van der Waals surface area (Å²) in [7, 11) is 0. The molecule has 0 atom stereocenters. The minimum Gasteiger partial charge on any atom is -0.309 e. The molecule has 0 bridgehead atoms. The van der Waals surface area contributed by atoms with Crippen molar-refractivity contribution in [1.29, 1.82) is 0 Å². The smallest absolute Gasteiger partial charge is 0.0645 e. The first-order valence-corrected chi connectivity index (χ1v) is 15.8. The van der Waals surface area contributed by atoms with E-state index in [1.165, 1.54) is 4.57 Å². The molecule has 2 heterocycles. The first-order valence-electron chi connectivity index (χ1n) is 24.3. The van der Waals surface area contributed by atoms with Gasteiger partial charge in [0, 0.05) is 32.9 Å². The second kappa shape index (κ2) is 11.5. The summed E-state index contributed by atoms with van der Waals surface area (Å²) in [5.74, 6) is 0. The van der Waals surface area contributed by atoms with Gasteiger partial charge in [0.15, 0.2) is 0 Å². The summed E-state index contributed by atoms with van der Waals surface area (Å²) in [5, 5.41) is 1.07. The molecule has 234 valence electrons. The molecule has 0 saturated carbocycles. The second-order valence-electron chi connectivity index (χ2n) is 11.7. The van der Waals surface area contributed by atoms with Crippen molar-refractivity contribution in [2.24, 2.45) is 0 Å². The highest BCUT2D eigenvalue weighted by Crippen LogP contribution is 2.39. The summed E-state index contributed by atoms with van der Waals surface area (Å²) in [5.41, 5.74) is 3.07. The molecule has 10 rings (SSSR count). The molecule has 0 aliphatic carbocycles. The van der Waals surface area contributed by atoms with Gasteiger partial charge in [-0.2, -0.15) is 0 Å². The van der Waals surface area contributed by atoms with Gasteiger partial charge in [0.05, 0.1) is 45.4 Å². The summed E-state index contributed by atoms with van der Waals surface area (Å²) in [4.78, 5) is 0. The predicted octanol–water partition coefficient (Wildman–Crippen LogP) is 12.9. The maximum absolute atomic E-state index is 9.25. The number of hydrogen-bond acceptors (Lipinski definition) is 0. The number of para-hydroxylation sites is 2. The lowest BCUT2D eigenvalue weighted by Crippen LogP contribution is -1.94. The van der Waals surface area contributed by atoms with Crippen LogP contribution in [0.15, 0.2) is 194 Å². The Morgan fingerprint density at radius 2 is 0.820 bits per heavy atom. The zero-order valence-corrected chi connectivity index (χ0v) is 26.1. The van der Waals surface area contributed by atoms with Gasteiger partial charge in [0.1, 0.15) is 0 Å². The van der Waals surface area contributed by atoms with Crippen LogP contribution >= 0.6 is 0 Å². The first kappa shape index (κ1) is 16.2. The van der Waals surface area contributed by atoms with Gasteiger partial charge >= 0.3 is 0 Å². The maximum Gasteiger partial charge on any atom is 0.0645 e. The Labute approximate surface area is 314 Å². The molecule has 2 heteroatoms. The fourth-order valence-electron chi connectivity index (χ4n) is 6.67. The highest BCUT2D eigenvalue weighted by Gasteiger charge is 2.16. The zero-order chi connectivity index (χ0) is 47.8. The van der Waals surface area contributed by atoms with E-state index in [0.717, 1.165) is 11.1 Å². The van der Waals surface area contributed by atoms with E-state index in [2.05, 4.69) is 0 Å². The fourth-order valence-corrected chi connectivity index (χ4v) is 6.67. The Balaban J connectivity index is 1.23. The van der Waals surface area contributed by atoms with Crippen molar-refractivity contribution in [1.82, 2.24) is 9.13 Å². The molecule has 2 aromatic heterocycles. The molecule has 0 radical (unpaired) electrons. The van der Waals surface area contributed by atoms with Gasteiger partial charge in [-0.25, -0.2) is 0 Å². The van der Waals surface area contributed by atoms with Gasteiger partial charge in [-0.15, -0.1) is 0 Å². The van der Waals surface area contributed by atoms with Crippen LogP contribution < -0.4 is 0 Å². The van der Waals surface area contributed by atoms with E-state index in [-0.39, 0.29) is 44.8 Å². The third-order valence-electron chi connectivity index (χ3n) is 8.93. The predicted molar refractivity (Wildman–Crippen MR) is 211 cm³/mol. The second-order valence-corrected chi connectivity index (χ2v) is 11.7. The van der Waals surface area contributed by atoms with Gasteiger partial charge in [-0.3, -0.25) is 0 Å². The normalized spacial score (nSPS) is 16.4. The van der Waals surface area contributed by atoms with Crippen molar-refractivity contribution in [2.75, 3.05) is 0 Å². The molecule has 50 heavy (non-hydrogen) atoms. The highest BCUT2D eigenvalue weighted by atomic mass is 15.0. The van der Waals surface area contributed by atoms with Crippen molar-refractivity contribution in [3.63, 3.8) is 0 Å². The molecule has 0 N–H and O–H groups in total. The van der Waals surface area contributed by atoms with E-state index in [4.69, 9.17) is 20.6 Å². The van der Waals surface area contributed by atoms with E-state index in [1.54, 1.807) is 24.3 Å². The van der Waals surface area contributed by atoms with Crippen LogP contribution in [0.1, 0.15) is 23.3 Å². The van der Waals surface area contributed by atoms with E-state index in [9.17, 15) is 2.74 Å². The van der Waals surface area contributed by atoms with Crippen LogP contribution in [0.4, 0.5) is 0 Å². The van der Waals surface area contributed by atoms with E-state index < -0.39 is 107 Å². The number of nitrogens with zero attached hydrogens (tertiary/aromatic N) is 2. The molecule has 2 nitrogen and oxygen atoms in total. The van der Waals surface area contributed by atoms with Crippen LogP contribution in [-0.4, -0.2) is 9.13 Å². The van der Waals surface area contributed by atoms with Crippen LogP contribution in [0.25, 0.3) is 88.4 Å². The molecule has 0 saturated heterocycles. The standard InChI is InChI=1S/C48H32N2/c1-3-12-33(13-4-1)35-22-26-39(27-23-35)49-45-20-9-7-18-41(45)43-31-37(24-28-47(43)49)38-25-29-48-44(32-38)42-19-8-10-21-46(42)50(48)40-17-11-16-36(30-40)34-14-5-2-6-15-34/h1-32H/i1D,3D,4D,7D,8D,9D,10D,12D,13D,18D,19D,20D,21D,22D,23D,26D,27D. The number of rotatable bonds is 5. The number of aromatic nitrogens is 2.